The molecule has 0 amide bonds. The van der Waals surface area contributed by atoms with Gasteiger partial charge in [-0.2, -0.15) is 5.26 Å². The molecule has 0 unspecified atom stereocenters. The van der Waals surface area contributed by atoms with Gasteiger partial charge in [-0.3, -0.25) is 0 Å². The third kappa shape index (κ3) is 20.0. The quantitative estimate of drug-likeness (QED) is 0.167. The maximum Gasteiger partial charge on any atom is 0.342 e. The van der Waals surface area contributed by atoms with E-state index in [0.717, 1.165) is 12.8 Å². The molecule has 0 aromatic heterocycles. The van der Waals surface area contributed by atoms with Crippen LogP contribution in [0, 0.1) is 0 Å². The Morgan fingerprint density at radius 2 is 1.00 bits per heavy atom. The summed E-state index contributed by atoms with van der Waals surface area (Å²) in [6.45, 7) is 2.27. The van der Waals surface area contributed by atoms with Gasteiger partial charge in [0.25, 0.3) is 0 Å². The smallest absolute Gasteiger partial charge is 0.301 e. The maximum absolute atomic E-state index is 10.7. The van der Waals surface area contributed by atoms with E-state index in [4.69, 9.17) is 5.26 Å². The average molecular weight is 307 g/mol. The zero-order valence-electron chi connectivity index (χ0n) is 15.1. The average Bonchev–Trinajstić information content (AvgIpc) is 2.50. The van der Waals surface area contributed by atoms with E-state index in [0.29, 0.717) is 6.42 Å². The van der Waals surface area contributed by atoms with Crippen molar-refractivity contribution in [3.05, 3.63) is 0 Å². The summed E-state index contributed by atoms with van der Waals surface area (Å²) in [6.07, 6.45) is 20.0. The van der Waals surface area contributed by atoms with Gasteiger partial charge in [0.1, 0.15) is 0 Å². The summed E-state index contributed by atoms with van der Waals surface area (Å²) in [4.78, 5) is 14.3. The zero-order chi connectivity index (χ0) is 15.6. The van der Waals surface area contributed by atoms with Gasteiger partial charge < -0.3 is 4.89 Å². The van der Waals surface area contributed by atoms with Gasteiger partial charge in [0.05, 0.1) is 0 Å². The Morgan fingerprint density at radius 1 is 0.682 bits per heavy atom. The van der Waals surface area contributed by atoms with Gasteiger partial charge in [-0.05, 0) is 6.42 Å². The van der Waals surface area contributed by atoms with Crippen LogP contribution >= 0.6 is 0 Å². The number of carbonyl (C=O) groups excluding carboxylic acids is 1. The molecule has 0 fully saturated rings. The number of hydrogen-bond acceptors (Lipinski definition) is 3. The van der Waals surface area contributed by atoms with Crippen molar-refractivity contribution in [3.63, 3.8) is 0 Å². The predicted molar refractivity (Wildman–Crippen MR) is 94.0 cm³/mol. The molecule has 0 aliphatic rings. The molecule has 0 aromatic carbocycles. The molecule has 0 atom stereocenters. The maximum atomic E-state index is 10.7. The van der Waals surface area contributed by atoms with Crippen molar-refractivity contribution < 1.29 is 14.9 Å². The molecule has 3 nitrogen and oxygen atoms in total. The van der Waals surface area contributed by atoms with Crippen molar-refractivity contribution in [3.8, 4) is 0 Å². The molecule has 1 radical (unpaired) electrons. The van der Waals surface area contributed by atoms with Gasteiger partial charge in [0, 0.05) is 25.3 Å². The molecule has 0 aromatic rings. The Kier molecular flexibility index (Phi) is 23.2. The van der Waals surface area contributed by atoms with Crippen molar-refractivity contribution in [2.45, 2.75) is 110 Å². The van der Waals surface area contributed by atoms with E-state index >= 15 is 0 Å². The van der Waals surface area contributed by atoms with Crippen molar-refractivity contribution >= 4 is 24.8 Å². The van der Waals surface area contributed by atoms with E-state index in [9.17, 15) is 4.79 Å². The fraction of sp³-hybridized carbons (Fsp3) is 0.944. The van der Waals surface area contributed by atoms with Crippen LogP contribution in [0.3, 0.4) is 0 Å². The molecule has 0 spiro atoms. The molecule has 0 bridgehead atoms. The van der Waals surface area contributed by atoms with E-state index < -0.39 is 5.97 Å². The Labute approximate surface area is 149 Å². The molecule has 0 saturated heterocycles. The summed E-state index contributed by atoms with van der Waals surface area (Å²) in [5.74, 6) is -0.510. The summed E-state index contributed by atoms with van der Waals surface area (Å²) in [5, 5.41) is 8.10. The van der Waals surface area contributed by atoms with Crippen LogP contribution < -0.4 is 0 Å². The third-order valence-corrected chi connectivity index (χ3v) is 4.09. The first kappa shape index (κ1) is 24.3. The van der Waals surface area contributed by atoms with Gasteiger partial charge >= 0.3 is 5.97 Å². The zero-order valence-corrected chi connectivity index (χ0v) is 15.1. The summed E-state index contributed by atoms with van der Waals surface area (Å²) < 4.78 is 0. The molecule has 0 saturated carbocycles. The van der Waals surface area contributed by atoms with Crippen molar-refractivity contribution in [2.24, 2.45) is 0 Å². The van der Waals surface area contributed by atoms with E-state index in [-0.39, 0.29) is 18.9 Å². The van der Waals surface area contributed by atoms with Crippen molar-refractivity contribution in [2.75, 3.05) is 0 Å². The van der Waals surface area contributed by atoms with Crippen LogP contribution in [-0.4, -0.2) is 30.1 Å². The van der Waals surface area contributed by atoms with Crippen LogP contribution in [0.25, 0.3) is 0 Å². The van der Waals surface area contributed by atoms with E-state index in [1.165, 1.54) is 83.5 Å². The molecule has 0 aliphatic carbocycles. The first-order valence-electron chi connectivity index (χ1n) is 9.15. The summed E-state index contributed by atoms with van der Waals surface area (Å²) >= 11 is 0. The predicted octanol–water partition coefficient (Wildman–Crippen LogP) is 5.88. The number of rotatable bonds is 16. The Morgan fingerprint density at radius 3 is 1.32 bits per heavy atom. The third-order valence-electron chi connectivity index (χ3n) is 4.09. The number of carbonyl (C=O) groups is 1. The summed E-state index contributed by atoms with van der Waals surface area (Å²) in [5.41, 5.74) is 0. The summed E-state index contributed by atoms with van der Waals surface area (Å²) in [7, 11) is 0. The molecule has 22 heavy (non-hydrogen) atoms. The van der Waals surface area contributed by atoms with Crippen LogP contribution in [0.15, 0.2) is 0 Å². The Balaban J connectivity index is 0. The van der Waals surface area contributed by atoms with Crippen LogP contribution in [0.1, 0.15) is 110 Å². The topological polar surface area (TPSA) is 46.5 Å². The largest absolute Gasteiger partial charge is 0.342 e. The second-order valence-electron chi connectivity index (χ2n) is 6.16. The van der Waals surface area contributed by atoms with Gasteiger partial charge in [-0.15, -0.1) is 0 Å². The SMILES string of the molecule is CCCCCCCCCCCCCCCCCC(=O)OO.[Li]. The second-order valence-corrected chi connectivity index (χ2v) is 6.16. The van der Waals surface area contributed by atoms with Crippen LogP contribution in [0.5, 0.6) is 0 Å². The van der Waals surface area contributed by atoms with E-state index in [2.05, 4.69) is 11.8 Å². The van der Waals surface area contributed by atoms with Crippen molar-refractivity contribution in [1.29, 1.82) is 0 Å². The van der Waals surface area contributed by atoms with Crippen LogP contribution in [0.4, 0.5) is 0 Å². The van der Waals surface area contributed by atoms with Gasteiger partial charge in [-0.1, -0.05) is 96.8 Å². The minimum absolute atomic E-state index is 0. The number of hydrogen-bond donors (Lipinski definition) is 1. The van der Waals surface area contributed by atoms with Crippen molar-refractivity contribution in [1.82, 2.24) is 0 Å². The van der Waals surface area contributed by atoms with Crippen LogP contribution in [-0.2, 0) is 9.68 Å². The van der Waals surface area contributed by atoms with Gasteiger partial charge in [0.15, 0.2) is 0 Å². The summed E-state index contributed by atoms with van der Waals surface area (Å²) in [6, 6.07) is 0. The fourth-order valence-electron chi connectivity index (χ4n) is 2.69. The first-order chi connectivity index (χ1) is 10.3. The monoisotopic (exact) mass is 307 g/mol. The number of unbranched alkanes of at least 4 members (excludes halogenated alkanes) is 14. The molecule has 4 heteroatoms. The minimum atomic E-state index is -0.510. The molecule has 127 valence electrons. The molecule has 0 rings (SSSR count). The van der Waals surface area contributed by atoms with Gasteiger partial charge in [0.2, 0.25) is 0 Å². The molecule has 0 aliphatic heterocycles. The molecular formula is C18H36LiO3. The Hall–Kier alpha value is 0.0274. The minimum Gasteiger partial charge on any atom is -0.301 e. The van der Waals surface area contributed by atoms with Crippen LogP contribution in [0.2, 0.25) is 0 Å². The standard InChI is InChI=1S/C18H36O3.Li/c1-2-3-4-5-6-7-8-9-10-11-12-13-14-15-16-17-18(19)21-20;/h20H,2-17H2,1H3;. The molecule has 1 N–H and O–H groups in total. The molecule has 0 heterocycles. The van der Waals surface area contributed by atoms with Gasteiger partial charge in [-0.25, -0.2) is 4.79 Å². The van der Waals surface area contributed by atoms with E-state index in [1.54, 1.807) is 0 Å². The van der Waals surface area contributed by atoms with E-state index in [1.807, 2.05) is 0 Å². The second kappa shape index (κ2) is 21.0. The fourth-order valence-corrected chi connectivity index (χ4v) is 2.69. The molecular weight excluding hydrogens is 271 g/mol. The normalized spacial score (nSPS) is 10.3. The first-order valence-corrected chi connectivity index (χ1v) is 9.15. The Bertz CT molecular complexity index is 222.